The molecule has 0 aliphatic heterocycles. The third kappa shape index (κ3) is 3.05. The second-order valence-corrected chi connectivity index (χ2v) is 5.33. The number of hydrogen-bond acceptors (Lipinski definition) is 5. The summed E-state index contributed by atoms with van der Waals surface area (Å²) in [7, 11) is 0. The highest BCUT2D eigenvalue weighted by molar-refractivity contribution is 7.11. The molecule has 2 rings (SSSR count). The summed E-state index contributed by atoms with van der Waals surface area (Å²) in [5.41, 5.74) is 7.15. The maximum atomic E-state index is 6.20. The lowest BCUT2D eigenvalue weighted by molar-refractivity contribution is 0.315. The van der Waals surface area contributed by atoms with E-state index in [4.69, 9.17) is 10.5 Å². The van der Waals surface area contributed by atoms with Crippen molar-refractivity contribution in [3.63, 3.8) is 0 Å². The molecule has 18 heavy (non-hydrogen) atoms. The van der Waals surface area contributed by atoms with Gasteiger partial charge in [-0.25, -0.2) is 4.98 Å². The van der Waals surface area contributed by atoms with Crippen molar-refractivity contribution in [2.24, 2.45) is 5.73 Å². The molecule has 0 amide bonds. The monoisotopic (exact) mass is 263 g/mol. The average Bonchev–Trinajstić information content (AvgIpc) is 2.82. The summed E-state index contributed by atoms with van der Waals surface area (Å²) in [5, 5.41) is 1.02. The van der Waals surface area contributed by atoms with Crippen LogP contribution in [0.3, 0.4) is 0 Å². The molecule has 0 radical (unpaired) electrons. The van der Waals surface area contributed by atoms with Gasteiger partial charge in [-0.2, -0.15) is 0 Å². The topological polar surface area (TPSA) is 61.0 Å². The second kappa shape index (κ2) is 5.93. The average molecular weight is 263 g/mol. The standard InChI is InChI=1S/C13H17N3OS/c1-3-4-17-11-5-10(6-15-7-11)13(14)12-8-16-9(2)18-12/h5-8,13H,3-4,14H2,1-2H3. The number of ether oxygens (including phenoxy) is 1. The van der Waals surface area contributed by atoms with E-state index in [0.29, 0.717) is 6.61 Å². The summed E-state index contributed by atoms with van der Waals surface area (Å²) < 4.78 is 5.56. The lowest BCUT2D eigenvalue weighted by Gasteiger charge is -2.11. The quantitative estimate of drug-likeness (QED) is 0.901. The maximum absolute atomic E-state index is 6.20. The predicted octanol–water partition coefficient (Wildman–Crippen LogP) is 2.68. The van der Waals surface area contributed by atoms with Crippen molar-refractivity contribution in [2.45, 2.75) is 26.3 Å². The van der Waals surface area contributed by atoms with Crippen LogP contribution >= 0.6 is 11.3 Å². The van der Waals surface area contributed by atoms with Crippen molar-refractivity contribution in [1.29, 1.82) is 0 Å². The molecule has 0 fully saturated rings. The van der Waals surface area contributed by atoms with Gasteiger partial charge < -0.3 is 10.5 Å². The number of aryl methyl sites for hydroxylation is 1. The van der Waals surface area contributed by atoms with Gasteiger partial charge in [-0.05, 0) is 25.0 Å². The first-order valence-electron chi connectivity index (χ1n) is 5.96. The highest BCUT2D eigenvalue weighted by Gasteiger charge is 2.12. The van der Waals surface area contributed by atoms with E-state index in [1.165, 1.54) is 0 Å². The van der Waals surface area contributed by atoms with Gasteiger partial charge in [0, 0.05) is 17.3 Å². The van der Waals surface area contributed by atoms with Gasteiger partial charge in [0.05, 0.1) is 23.9 Å². The van der Waals surface area contributed by atoms with Crippen LogP contribution in [-0.2, 0) is 0 Å². The molecule has 2 heterocycles. The van der Waals surface area contributed by atoms with Crippen LogP contribution < -0.4 is 10.5 Å². The summed E-state index contributed by atoms with van der Waals surface area (Å²) in [6.45, 7) is 4.74. The molecule has 0 bridgehead atoms. The van der Waals surface area contributed by atoms with Crippen molar-refractivity contribution in [3.05, 3.63) is 40.1 Å². The molecule has 5 heteroatoms. The SMILES string of the molecule is CCCOc1cncc(C(N)c2cnc(C)s2)c1. The van der Waals surface area contributed by atoms with Gasteiger partial charge in [0.25, 0.3) is 0 Å². The predicted molar refractivity (Wildman–Crippen MR) is 72.9 cm³/mol. The van der Waals surface area contributed by atoms with Gasteiger partial charge >= 0.3 is 0 Å². The Bertz CT molecular complexity index is 512. The Labute approximate surface area is 111 Å². The Morgan fingerprint density at radius 3 is 2.89 bits per heavy atom. The molecule has 96 valence electrons. The molecule has 4 nitrogen and oxygen atoms in total. The molecular weight excluding hydrogens is 246 g/mol. The minimum absolute atomic E-state index is 0.186. The molecule has 0 aliphatic carbocycles. The van der Waals surface area contributed by atoms with Crippen molar-refractivity contribution in [1.82, 2.24) is 9.97 Å². The fourth-order valence-electron chi connectivity index (χ4n) is 1.59. The molecule has 2 N–H and O–H groups in total. The largest absolute Gasteiger partial charge is 0.492 e. The van der Waals surface area contributed by atoms with Crippen molar-refractivity contribution in [2.75, 3.05) is 6.61 Å². The van der Waals surface area contributed by atoms with E-state index < -0.39 is 0 Å². The highest BCUT2D eigenvalue weighted by atomic mass is 32.1. The van der Waals surface area contributed by atoms with Crippen molar-refractivity contribution < 1.29 is 4.74 Å². The summed E-state index contributed by atoms with van der Waals surface area (Å²) in [6.07, 6.45) is 6.29. The maximum Gasteiger partial charge on any atom is 0.137 e. The van der Waals surface area contributed by atoms with Gasteiger partial charge in [-0.3, -0.25) is 4.98 Å². The van der Waals surface area contributed by atoms with Gasteiger partial charge in [-0.1, -0.05) is 6.92 Å². The molecule has 0 saturated heterocycles. The molecule has 1 unspecified atom stereocenters. The van der Waals surface area contributed by atoms with Crippen LogP contribution in [0.25, 0.3) is 0 Å². The minimum atomic E-state index is -0.186. The number of thiazole rings is 1. The van der Waals surface area contributed by atoms with E-state index in [1.54, 1.807) is 23.7 Å². The Morgan fingerprint density at radius 2 is 2.22 bits per heavy atom. The Hall–Kier alpha value is -1.46. The molecule has 2 aromatic heterocycles. The van der Waals surface area contributed by atoms with Gasteiger partial charge in [-0.15, -0.1) is 11.3 Å². The fourth-order valence-corrected chi connectivity index (χ4v) is 2.41. The number of pyridine rings is 1. The van der Waals surface area contributed by atoms with Crippen LogP contribution in [0.4, 0.5) is 0 Å². The third-order valence-corrected chi connectivity index (χ3v) is 3.51. The van der Waals surface area contributed by atoms with E-state index in [1.807, 2.05) is 19.2 Å². The summed E-state index contributed by atoms with van der Waals surface area (Å²) in [5.74, 6) is 0.769. The number of aromatic nitrogens is 2. The van der Waals surface area contributed by atoms with E-state index in [-0.39, 0.29) is 6.04 Å². The molecular formula is C13H17N3OS. The van der Waals surface area contributed by atoms with Crippen LogP contribution in [0.1, 0.15) is 34.8 Å². The number of hydrogen-bond donors (Lipinski definition) is 1. The molecule has 1 atom stereocenters. The summed E-state index contributed by atoms with van der Waals surface area (Å²) >= 11 is 1.61. The zero-order valence-electron chi connectivity index (χ0n) is 10.6. The van der Waals surface area contributed by atoms with E-state index in [9.17, 15) is 0 Å². The lowest BCUT2D eigenvalue weighted by atomic mass is 10.1. The second-order valence-electron chi connectivity index (χ2n) is 4.06. The number of nitrogens with zero attached hydrogens (tertiary/aromatic N) is 2. The molecule has 0 aromatic carbocycles. The Balaban J connectivity index is 2.17. The zero-order chi connectivity index (χ0) is 13.0. The van der Waals surface area contributed by atoms with Crippen LogP contribution in [0.5, 0.6) is 5.75 Å². The molecule has 2 aromatic rings. The smallest absolute Gasteiger partial charge is 0.137 e. The van der Waals surface area contributed by atoms with E-state index in [2.05, 4.69) is 16.9 Å². The van der Waals surface area contributed by atoms with Gasteiger partial charge in [0.1, 0.15) is 5.75 Å². The first kappa shape index (κ1) is 13.0. The fraction of sp³-hybridized carbons (Fsp3) is 0.385. The molecule has 0 aliphatic rings. The zero-order valence-corrected chi connectivity index (χ0v) is 11.4. The van der Waals surface area contributed by atoms with E-state index in [0.717, 1.165) is 27.6 Å². The normalized spacial score (nSPS) is 12.4. The lowest BCUT2D eigenvalue weighted by Crippen LogP contribution is -2.11. The van der Waals surface area contributed by atoms with Crippen molar-refractivity contribution in [3.8, 4) is 5.75 Å². The molecule has 0 spiro atoms. The first-order chi connectivity index (χ1) is 8.70. The van der Waals surface area contributed by atoms with Crippen LogP contribution in [0.15, 0.2) is 24.7 Å². The summed E-state index contributed by atoms with van der Waals surface area (Å²) in [6, 6.07) is 1.76. The summed E-state index contributed by atoms with van der Waals surface area (Å²) in [4.78, 5) is 9.44. The van der Waals surface area contributed by atoms with Crippen LogP contribution in [-0.4, -0.2) is 16.6 Å². The third-order valence-electron chi connectivity index (χ3n) is 2.51. The Kier molecular flexibility index (Phi) is 4.28. The van der Waals surface area contributed by atoms with Gasteiger partial charge in [0.2, 0.25) is 0 Å². The van der Waals surface area contributed by atoms with Crippen molar-refractivity contribution >= 4 is 11.3 Å². The number of rotatable bonds is 5. The van der Waals surface area contributed by atoms with Gasteiger partial charge in [0.15, 0.2) is 0 Å². The Morgan fingerprint density at radius 1 is 1.39 bits per heavy atom. The molecule has 0 saturated carbocycles. The van der Waals surface area contributed by atoms with Crippen LogP contribution in [0, 0.1) is 6.92 Å². The van der Waals surface area contributed by atoms with Crippen LogP contribution in [0.2, 0.25) is 0 Å². The number of nitrogens with two attached hydrogens (primary N) is 1. The van der Waals surface area contributed by atoms with E-state index >= 15 is 0 Å². The highest BCUT2D eigenvalue weighted by Crippen LogP contribution is 2.26. The first-order valence-corrected chi connectivity index (χ1v) is 6.78. The minimum Gasteiger partial charge on any atom is -0.492 e.